The third-order valence-corrected chi connectivity index (χ3v) is 4.41. The minimum atomic E-state index is -0.354. The van der Waals surface area contributed by atoms with Crippen molar-refractivity contribution >= 4 is 0 Å². The number of aryl methyl sites for hydroxylation is 2. The molecule has 0 aliphatic carbocycles. The molecule has 2 unspecified atom stereocenters. The van der Waals surface area contributed by atoms with Crippen molar-refractivity contribution in [2.45, 2.75) is 58.6 Å². The van der Waals surface area contributed by atoms with Gasteiger partial charge in [0.15, 0.2) is 0 Å². The molecule has 2 rings (SSSR count). The van der Waals surface area contributed by atoms with Crippen LogP contribution in [-0.2, 0) is 0 Å². The minimum absolute atomic E-state index is 0.354. The second-order valence-corrected chi connectivity index (χ2v) is 5.93. The maximum atomic E-state index is 10.5. The number of aliphatic hydroxyl groups excluding tert-OH is 1. The van der Waals surface area contributed by atoms with Crippen LogP contribution in [0.3, 0.4) is 0 Å². The molecule has 0 aromatic heterocycles. The van der Waals surface area contributed by atoms with Gasteiger partial charge in [0.25, 0.3) is 0 Å². The van der Waals surface area contributed by atoms with Gasteiger partial charge in [-0.15, -0.1) is 0 Å². The second-order valence-electron chi connectivity index (χ2n) is 5.93. The lowest BCUT2D eigenvalue weighted by Gasteiger charge is -2.36. The lowest BCUT2D eigenvalue weighted by molar-refractivity contribution is 0.0653. The van der Waals surface area contributed by atoms with Gasteiger partial charge in [0.1, 0.15) is 0 Å². The summed E-state index contributed by atoms with van der Waals surface area (Å²) in [5, 5.41) is 10.5. The number of β-amino-alcohol motifs (C(OH)–C–C–N with tert-alkyl or cyclic N) is 1. The number of piperidine rings is 1. The Bertz CT molecular complexity index is 416. The summed E-state index contributed by atoms with van der Waals surface area (Å²) in [6.07, 6.45) is 4.74. The fourth-order valence-electron chi connectivity index (χ4n) is 3.28. The maximum Gasteiger partial charge on any atom is 0.0919 e. The normalized spacial score (nSPS) is 22.4. The van der Waals surface area contributed by atoms with E-state index in [0.29, 0.717) is 6.04 Å². The number of likely N-dealkylation sites (tertiary alicyclic amines) is 1. The van der Waals surface area contributed by atoms with E-state index in [2.05, 4.69) is 43.9 Å². The molecule has 1 aliphatic rings. The zero-order valence-corrected chi connectivity index (χ0v) is 12.5. The molecule has 1 aromatic carbocycles. The summed E-state index contributed by atoms with van der Waals surface area (Å²) < 4.78 is 0. The summed E-state index contributed by atoms with van der Waals surface area (Å²) in [6, 6.07) is 7.00. The third kappa shape index (κ3) is 3.58. The first kappa shape index (κ1) is 14.5. The van der Waals surface area contributed by atoms with Gasteiger partial charge in [-0.3, -0.25) is 4.90 Å². The number of hydrogen-bond acceptors (Lipinski definition) is 2. The van der Waals surface area contributed by atoms with Crippen LogP contribution in [0.25, 0.3) is 0 Å². The van der Waals surface area contributed by atoms with E-state index in [-0.39, 0.29) is 6.10 Å². The quantitative estimate of drug-likeness (QED) is 0.895. The molecule has 0 amide bonds. The monoisotopic (exact) mass is 261 g/mol. The molecule has 2 heteroatoms. The van der Waals surface area contributed by atoms with Crippen molar-refractivity contribution in [3.8, 4) is 0 Å². The van der Waals surface area contributed by atoms with Crippen LogP contribution < -0.4 is 0 Å². The fourth-order valence-corrected chi connectivity index (χ4v) is 3.28. The molecule has 1 aromatic rings. The molecule has 1 aliphatic heterocycles. The Labute approximate surface area is 117 Å². The maximum absolute atomic E-state index is 10.5. The van der Waals surface area contributed by atoms with E-state index in [1.54, 1.807) is 0 Å². The number of rotatable bonds is 4. The van der Waals surface area contributed by atoms with Crippen molar-refractivity contribution in [3.63, 3.8) is 0 Å². The number of nitrogens with zero attached hydrogens (tertiary/aromatic N) is 1. The van der Waals surface area contributed by atoms with Gasteiger partial charge in [0, 0.05) is 12.6 Å². The van der Waals surface area contributed by atoms with Gasteiger partial charge in [-0.2, -0.15) is 0 Å². The van der Waals surface area contributed by atoms with Gasteiger partial charge < -0.3 is 5.11 Å². The third-order valence-electron chi connectivity index (χ3n) is 4.41. The van der Waals surface area contributed by atoms with Gasteiger partial charge in [-0.05, 0) is 50.8 Å². The number of aliphatic hydroxyl groups is 1. The zero-order chi connectivity index (χ0) is 13.8. The summed E-state index contributed by atoms with van der Waals surface area (Å²) in [5.41, 5.74) is 3.56. The van der Waals surface area contributed by atoms with E-state index < -0.39 is 0 Å². The Balaban J connectivity index is 2.05. The molecule has 0 saturated carbocycles. The van der Waals surface area contributed by atoms with Gasteiger partial charge in [0.05, 0.1) is 6.10 Å². The largest absolute Gasteiger partial charge is 0.387 e. The van der Waals surface area contributed by atoms with E-state index >= 15 is 0 Å². The molecular formula is C17H27NO. The summed E-state index contributed by atoms with van der Waals surface area (Å²) in [4.78, 5) is 2.48. The van der Waals surface area contributed by atoms with Crippen molar-refractivity contribution in [1.82, 2.24) is 4.90 Å². The molecule has 2 nitrogen and oxygen atoms in total. The summed E-state index contributed by atoms with van der Waals surface area (Å²) in [5.74, 6) is 0. The highest BCUT2D eigenvalue weighted by Gasteiger charge is 2.23. The molecule has 0 radical (unpaired) electrons. The Morgan fingerprint density at radius 2 is 2.11 bits per heavy atom. The first-order chi connectivity index (χ1) is 9.11. The fraction of sp³-hybridized carbons (Fsp3) is 0.647. The number of hydrogen-bond donors (Lipinski definition) is 1. The first-order valence-corrected chi connectivity index (χ1v) is 7.61. The second kappa shape index (κ2) is 6.53. The van der Waals surface area contributed by atoms with Gasteiger partial charge in [0.2, 0.25) is 0 Å². The summed E-state index contributed by atoms with van der Waals surface area (Å²) >= 11 is 0. The molecule has 2 atom stereocenters. The van der Waals surface area contributed by atoms with Crippen LogP contribution in [0.15, 0.2) is 18.2 Å². The molecule has 1 N–H and O–H groups in total. The predicted molar refractivity (Wildman–Crippen MR) is 80.4 cm³/mol. The smallest absolute Gasteiger partial charge is 0.0919 e. The van der Waals surface area contributed by atoms with Crippen LogP contribution >= 0.6 is 0 Å². The highest BCUT2D eigenvalue weighted by Crippen LogP contribution is 2.25. The highest BCUT2D eigenvalue weighted by molar-refractivity contribution is 5.32. The van der Waals surface area contributed by atoms with Gasteiger partial charge >= 0.3 is 0 Å². The van der Waals surface area contributed by atoms with Crippen LogP contribution in [0.4, 0.5) is 0 Å². The molecule has 1 saturated heterocycles. The summed E-state index contributed by atoms with van der Waals surface area (Å²) in [6.45, 7) is 8.37. The average molecular weight is 261 g/mol. The van der Waals surface area contributed by atoms with Crippen LogP contribution in [0.5, 0.6) is 0 Å². The Morgan fingerprint density at radius 3 is 2.79 bits per heavy atom. The van der Waals surface area contributed by atoms with E-state index in [0.717, 1.165) is 18.7 Å². The molecule has 0 spiro atoms. The van der Waals surface area contributed by atoms with Crippen molar-refractivity contribution in [3.05, 3.63) is 34.9 Å². The van der Waals surface area contributed by atoms with Crippen LogP contribution in [-0.4, -0.2) is 29.1 Å². The van der Waals surface area contributed by atoms with Crippen LogP contribution in [0.1, 0.15) is 55.4 Å². The van der Waals surface area contributed by atoms with E-state index in [9.17, 15) is 5.11 Å². The molecule has 106 valence electrons. The molecule has 19 heavy (non-hydrogen) atoms. The average Bonchev–Trinajstić information content (AvgIpc) is 2.39. The lowest BCUT2D eigenvalue weighted by atomic mass is 9.97. The van der Waals surface area contributed by atoms with Crippen molar-refractivity contribution in [1.29, 1.82) is 0 Å². The highest BCUT2D eigenvalue weighted by atomic mass is 16.3. The van der Waals surface area contributed by atoms with E-state index in [1.165, 1.54) is 36.8 Å². The molecular weight excluding hydrogens is 234 g/mol. The topological polar surface area (TPSA) is 23.5 Å². The zero-order valence-electron chi connectivity index (χ0n) is 12.5. The standard InChI is InChI=1S/C17H27NO/c1-4-15-7-5-6-10-18(15)12-17(19)16-9-8-13(2)11-14(16)3/h8-9,11,15,17,19H,4-7,10,12H2,1-3H3. The van der Waals surface area contributed by atoms with Crippen molar-refractivity contribution in [2.75, 3.05) is 13.1 Å². The minimum Gasteiger partial charge on any atom is -0.387 e. The number of benzene rings is 1. The van der Waals surface area contributed by atoms with Crippen LogP contribution in [0, 0.1) is 13.8 Å². The van der Waals surface area contributed by atoms with Crippen molar-refractivity contribution in [2.24, 2.45) is 0 Å². The van der Waals surface area contributed by atoms with Crippen LogP contribution in [0.2, 0.25) is 0 Å². The summed E-state index contributed by atoms with van der Waals surface area (Å²) in [7, 11) is 0. The molecule has 1 fully saturated rings. The molecule has 1 heterocycles. The Hall–Kier alpha value is -0.860. The first-order valence-electron chi connectivity index (χ1n) is 7.61. The van der Waals surface area contributed by atoms with E-state index in [1.807, 2.05) is 0 Å². The van der Waals surface area contributed by atoms with Gasteiger partial charge in [-0.1, -0.05) is 37.1 Å². The Kier molecular flexibility index (Phi) is 5.00. The SMILES string of the molecule is CCC1CCCCN1CC(O)c1ccc(C)cc1C. The van der Waals surface area contributed by atoms with Crippen molar-refractivity contribution < 1.29 is 5.11 Å². The molecule has 0 bridgehead atoms. The Morgan fingerprint density at radius 1 is 1.32 bits per heavy atom. The lowest BCUT2D eigenvalue weighted by Crippen LogP contribution is -2.41. The predicted octanol–water partition coefficient (Wildman–Crippen LogP) is 3.60. The van der Waals surface area contributed by atoms with E-state index in [4.69, 9.17) is 0 Å². The van der Waals surface area contributed by atoms with Gasteiger partial charge in [-0.25, -0.2) is 0 Å².